The van der Waals surface area contributed by atoms with Gasteiger partial charge in [-0.3, -0.25) is 10.00 Å². The second-order valence-corrected chi connectivity index (χ2v) is 5.32. The zero-order valence-electron chi connectivity index (χ0n) is 12.5. The summed E-state index contributed by atoms with van der Waals surface area (Å²) < 4.78 is 1.61. The third-order valence-corrected chi connectivity index (χ3v) is 3.55. The van der Waals surface area contributed by atoms with Crippen molar-refractivity contribution in [2.45, 2.75) is 19.4 Å². The molecule has 1 aromatic heterocycles. The highest BCUT2D eigenvalue weighted by atomic mass is 35.5. The van der Waals surface area contributed by atoms with Gasteiger partial charge in [-0.15, -0.1) is 0 Å². The normalized spacial score (nSPS) is 12.0. The van der Waals surface area contributed by atoms with E-state index in [2.05, 4.69) is 15.7 Å². The Hall–Kier alpha value is -2.05. The summed E-state index contributed by atoms with van der Waals surface area (Å²) in [6, 6.07) is 7.87. The fraction of sp³-hybridized carbons (Fsp3) is 0.333. The van der Waals surface area contributed by atoms with Crippen molar-refractivity contribution in [1.82, 2.24) is 15.1 Å². The second kappa shape index (κ2) is 7.29. The van der Waals surface area contributed by atoms with Crippen molar-refractivity contribution in [3.8, 4) is 0 Å². The van der Waals surface area contributed by atoms with Crippen LogP contribution in [0.5, 0.6) is 0 Å². The molecule has 1 aromatic carbocycles. The lowest BCUT2D eigenvalue weighted by Crippen LogP contribution is -2.34. The Morgan fingerprint density at radius 1 is 1.41 bits per heavy atom. The summed E-state index contributed by atoms with van der Waals surface area (Å²) in [5.74, 6) is 0.599. The van der Waals surface area contributed by atoms with E-state index in [1.165, 1.54) is 0 Å². The molecule has 2 aromatic rings. The molecule has 0 aliphatic heterocycles. The van der Waals surface area contributed by atoms with Gasteiger partial charge in [0.05, 0.1) is 18.3 Å². The summed E-state index contributed by atoms with van der Waals surface area (Å²) in [5.41, 5.74) is 1.68. The van der Waals surface area contributed by atoms with Gasteiger partial charge in [-0.2, -0.15) is 5.10 Å². The number of aliphatic hydroxyl groups is 1. The summed E-state index contributed by atoms with van der Waals surface area (Å²) in [6.45, 7) is 1.79. The molecule has 3 N–H and O–H groups in total. The molecule has 0 fully saturated rings. The van der Waals surface area contributed by atoms with E-state index in [0.717, 1.165) is 17.7 Å². The first-order valence-corrected chi connectivity index (χ1v) is 7.38. The zero-order chi connectivity index (χ0) is 16.1. The maximum Gasteiger partial charge on any atom is 0.320 e. The average Bonchev–Trinajstić information content (AvgIpc) is 2.86. The Kier molecular flexibility index (Phi) is 5.41. The highest BCUT2D eigenvalue weighted by molar-refractivity contribution is 6.30. The molecular formula is C15H19ClN4O2. The number of aryl methyl sites for hydroxylation is 2. The van der Waals surface area contributed by atoms with Crippen LogP contribution in [0.3, 0.4) is 0 Å². The molecule has 0 spiro atoms. The predicted octanol–water partition coefficient (Wildman–Crippen LogP) is 2.49. The molecular weight excluding hydrogens is 304 g/mol. The third-order valence-electron chi connectivity index (χ3n) is 3.29. The first kappa shape index (κ1) is 16.3. The summed E-state index contributed by atoms with van der Waals surface area (Å²) in [4.78, 5) is 12.1. The van der Waals surface area contributed by atoms with Gasteiger partial charge in [0.2, 0.25) is 0 Å². The number of benzene rings is 1. The Bertz CT molecular complexity index is 639. The Labute approximate surface area is 134 Å². The van der Waals surface area contributed by atoms with Gasteiger partial charge in [0.25, 0.3) is 0 Å². The summed E-state index contributed by atoms with van der Waals surface area (Å²) >= 11 is 5.83. The standard InChI is InChI=1S/C15H19ClN4O2/c1-3-12-8-14(20(2)19-12)18-15(22)17-13(9-21)10-4-6-11(16)7-5-10/h4-8,13,21H,3,9H2,1-2H3,(H2,17,18,22). The molecule has 0 saturated heterocycles. The first-order valence-electron chi connectivity index (χ1n) is 7.00. The van der Waals surface area contributed by atoms with Gasteiger partial charge in [0, 0.05) is 18.1 Å². The van der Waals surface area contributed by atoms with E-state index in [4.69, 9.17) is 11.6 Å². The molecule has 6 nitrogen and oxygen atoms in total. The van der Waals surface area contributed by atoms with E-state index in [0.29, 0.717) is 10.8 Å². The van der Waals surface area contributed by atoms with Crippen molar-refractivity contribution in [3.05, 3.63) is 46.6 Å². The number of aromatic nitrogens is 2. The number of aliphatic hydroxyl groups excluding tert-OH is 1. The number of hydrogen-bond acceptors (Lipinski definition) is 3. The fourth-order valence-electron chi connectivity index (χ4n) is 2.06. The van der Waals surface area contributed by atoms with Crippen LogP contribution in [-0.4, -0.2) is 27.5 Å². The number of amides is 2. The zero-order valence-corrected chi connectivity index (χ0v) is 13.3. The van der Waals surface area contributed by atoms with Crippen molar-refractivity contribution in [1.29, 1.82) is 0 Å². The lowest BCUT2D eigenvalue weighted by Gasteiger charge is -2.17. The van der Waals surface area contributed by atoms with Crippen LogP contribution in [0, 0.1) is 0 Å². The van der Waals surface area contributed by atoms with E-state index in [1.54, 1.807) is 36.0 Å². The largest absolute Gasteiger partial charge is 0.394 e. The van der Waals surface area contributed by atoms with Crippen LogP contribution in [-0.2, 0) is 13.5 Å². The number of carbonyl (C=O) groups is 1. The molecule has 0 bridgehead atoms. The van der Waals surface area contributed by atoms with E-state index in [9.17, 15) is 9.90 Å². The number of rotatable bonds is 5. The summed E-state index contributed by atoms with van der Waals surface area (Å²) in [5, 5.41) is 19.8. The third kappa shape index (κ3) is 3.99. The number of urea groups is 1. The Balaban J connectivity index is 2.02. The Morgan fingerprint density at radius 3 is 2.64 bits per heavy atom. The molecule has 0 radical (unpaired) electrons. The van der Waals surface area contributed by atoms with E-state index in [1.807, 2.05) is 13.0 Å². The van der Waals surface area contributed by atoms with Gasteiger partial charge in [-0.25, -0.2) is 4.79 Å². The topological polar surface area (TPSA) is 79.2 Å². The van der Waals surface area contributed by atoms with Crippen LogP contribution in [0.1, 0.15) is 24.2 Å². The molecule has 1 atom stereocenters. The van der Waals surface area contributed by atoms with Gasteiger partial charge in [0.15, 0.2) is 0 Å². The van der Waals surface area contributed by atoms with Crippen molar-refractivity contribution < 1.29 is 9.90 Å². The number of nitrogens with zero attached hydrogens (tertiary/aromatic N) is 2. The van der Waals surface area contributed by atoms with Crippen LogP contribution in [0.4, 0.5) is 10.6 Å². The molecule has 0 aliphatic carbocycles. The fourth-order valence-corrected chi connectivity index (χ4v) is 2.18. The molecule has 0 aliphatic rings. The first-order chi connectivity index (χ1) is 10.5. The molecule has 2 amide bonds. The number of halogens is 1. The van der Waals surface area contributed by atoms with Crippen LogP contribution < -0.4 is 10.6 Å². The molecule has 22 heavy (non-hydrogen) atoms. The maximum absolute atomic E-state index is 12.1. The van der Waals surface area contributed by atoms with Crippen molar-refractivity contribution >= 4 is 23.4 Å². The molecule has 0 saturated carbocycles. The van der Waals surface area contributed by atoms with Crippen molar-refractivity contribution in [2.75, 3.05) is 11.9 Å². The van der Waals surface area contributed by atoms with Gasteiger partial charge >= 0.3 is 6.03 Å². The van der Waals surface area contributed by atoms with E-state index in [-0.39, 0.29) is 6.61 Å². The number of nitrogens with one attached hydrogen (secondary N) is 2. The summed E-state index contributed by atoms with van der Waals surface area (Å²) in [6.07, 6.45) is 0.793. The maximum atomic E-state index is 12.1. The minimum absolute atomic E-state index is 0.208. The van der Waals surface area contributed by atoms with Crippen LogP contribution >= 0.6 is 11.6 Å². The van der Waals surface area contributed by atoms with E-state index < -0.39 is 12.1 Å². The van der Waals surface area contributed by atoms with Gasteiger partial charge in [-0.1, -0.05) is 30.7 Å². The Morgan fingerprint density at radius 2 is 2.09 bits per heavy atom. The molecule has 1 unspecified atom stereocenters. The van der Waals surface area contributed by atoms with Crippen molar-refractivity contribution in [3.63, 3.8) is 0 Å². The smallest absolute Gasteiger partial charge is 0.320 e. The highest BCUT2D eigenvalue weighted by Crippen LogP contribution is 2.16. The molecule has 2 rings (SSSR count). The minimum atomic E-state index is -0.504. The van der Waals surface area contributed by atoms with Crippen LogP contribution in [0.25, 0.3) is 0 Å². The van der Waals surface area contributed by atoms with Gasteiger partial charge in [-0.05, 0) is 24.1 Å². The quantitative estimate of drug-likeness (QED) is 0.791. The molecule has 7 heteroatoms. The minimum Gasteiger partial charge on any atom is -0.394 e. The number of hydrogen-bond donors (Lipinski definition) is 3. The van der Waals surface area contributed by atoms with Gasteiger partial charge in [0.1, 0.15) is 5.82 Å². The highest BCUT2D eigenvalue weighted by Gasteiger charge is 2.15. The summed E-state index contributed by atoms with van der Waals surface area (Å²) in [7, 11) is 1.76. The lowest BCUT2D eigenvalue weighted by molar-refractivity contribution is 0.225. The SMILES string of the molecule is CCc1cc(NC(=O)NC(CO)c2ccc(Cl)cc2)n(C)n1. The van der Waals surface area contributed by atoms with Gasteiger partial charge < -0.3 is 10.4 Å². The average molecular weight is 323 g/mol. The molecule has 118 valence electrons. The monoisotopic (exact) mass is 322 g/mol. The molecule has 1 heterocycles. The second-order valence-electron chi connectivity index (χ2n) is 4.88. The predicted molar refractivity (Wildman–Crippen MR) is 86.0 cm³/mol. The number of carbonyl (C=O) groups excluding carboxylic acids is 1. The van der Waals surface area contributed by atoms with Crippen LogP contribution in [0.2, 0.25) is 5.02 Å². The lowest BCUT2D eigenvalue weighted by atomic mass is 10.1. The van der Waals surface area contributed by atoms with Crippen molar-refractivity contribution in [2.24, 2.45) is 7.05 Å². The van der Waals surface area contributed by atoms with E-state index >= 15 is 0 Å². The number of anilines is 1. The van der Waals surface area contributed by atoms with Crippen LogP contribution in [0.15, 0.2) is 30.3 Å².